The van der Waals surface area contributed by atoms with Gasteiger partial charge in [-0.1, -0.05) is 12.1 Å². The average Bonchev–Trinajstić information content (AvgIpc) is 3.32. The molecule has 2 aromatic rings. The molecule has 1 saturated heterocycles. The summed E-state index contributed by atoms with van der Waals surface area (Å²) >= 11 is 0. The molecule has 9 heteroatoms. The van der Waals surface area contributed by atoms with Gasteiger partial charge in [-0.3, -0.25) is 4.79 Å². The SMILES string of the molecule is COc1ccc([C@H](CNC(=O)c2ccc(S(=O)(=O)NC[C@@H]3CCCO3)cc2)N(C)C)cc1. The number of methoxy groups -OCH3 is 1. The molecule has 0 aromatic heterocycles. The van der Waals surface area contributed by atoms with Crippen LogP contribution in [0.1, 0.15) is 34.8 Å². The summed E-state index contributed by atoms with van der Waals surface area (Å²) in [4.78, 5) is 14.8. The van der Waals surface area contributed by atoms with Crippen LogP contribution < -0.4 is 14.8 Å². The van der Waals surface area contributed by atoms with Gasteiger partial charge >= 0.3 is 0 Å². The third-order valence-corrected chi connectivity index (χ3v) is 6.97. The van der Waals surface area contributed by atoms with E-state index in [1.54, 1.807) is 7.11 Å². The molecule has 0 radical (unpaired) electrons. The van der Waals surface area contributed by atoms with Crippen molar-refractivity contribution in [3.63, 3.8) is 0 Å². The smallest absolute Gasteiger partial charge is 0.251 e. The molecule has 2 N–H and O–H groups in total. The Morgan fingerprint density at radius 1 is 1.16 bits per heavy atom. The van der Waals surface area contributed by atoms with Crippen molar-refractivity contribution >= 4 is 15.9 Å². The van der Waals surface area contributed by atoms with Gasteiger partial charge in [0.2, 0.25) is 10.0 Å². The van der Waals surface area contributed by atoms with Crippen LogP contribution in [0.15, 0.2) is 53.4 Å². The Kier molecular flexibility index (Phi) is 8.25. The second-order valence-electron chi connectivity index (χ2n) is 7.97. The van der Waals surface area contributed by atoms with Gasteiger partial charge in [-0.15, -0.1) is 0 Å². The number of benzene rings is 2. The summed E-state index contributed by atoms with van der Waals surface area (Å²) in [6.07, 6.45) is 1.72. The fourth-order valence-electron chi connectivity index (χ4n) is 3.59. The van der Waals surface area contributed by atoms with E-state index < -0.39 is 10.0 Å². The van der Waals surface area contributed by atoms with Gasteiger partial charge in [0.05, 0.1) is 24.2 Å². The monoisotopic (exact) mass is 461 g/mol. The number of hydrogen-bond donors (Lipinski definition) is 2. The molecule has 174 valence electrons. The first kappa shape index (κ1) is 24.2. The Morgan fingerprint density at radius 2 is 1.84 bits per heavy atom. The molecule has 1 aliphatic rings. The normalized spacial score (nSPS) is 17.3. The van der Waals surface area contributed by atoms with Crippen LogP contribution in [-0.2, 0) is 14.8 Å². The van der Waals surface area contributed by atoms with E-state index in [9.17, 15) is 13.2 Å². The molecule has 3 rings (SSSR count). The summed E-state index contributed by atoms with van der Waals surface area (Å²) in [5.41, 5.74) is 1.45. The van der Waals surface area contributed by atoms with E-state index in [2.05, 4.69) is 10.0 Å². The number of ether oxygens (including phenoxy) is 2. The van der Waals surface area contributed by atoms with Crippen LogP contribution in [0.25, 0.3) is 0 Å². The van der Waals surface area contributed by atoms with Gasteiger partial charge in [-0.05, 0) is 68.9 Å². The van der Waals surface area contributed by atoms with Crippen molar-refractivity contribution in [3.05, 3.63) is 59.7 Å². The van der Waals surface area contributed by atoms with Crippen molar-refractivity contribution < 1.29 is 22.7 Å². The number of likely N-dealkylation sites (N-methyl/N-ethyl adjacent to an activating group) is 1. The first-order valence-corrected chi connectivity index (χ1v) is 12.1. The lowest BCUT2D eigenvalue weighted by Crippen LogP contribution is -2.34. The zero-order valence-electron chi connectivity index (χ0n) is 18.7. The highest BCUT2D eigenvalue weighted by Crippen LogP contribution is 2.21. The first-order chi connectivity index (χ1) is 15.3. The van der Waals surface area contributed by atoms with Crippen molar-refractivity contribution in [1.82, 2.24) is 14.9 Å². The van der Waals surface area contributed by atoms with Crippen molar-refractivity contribution in [2.75, 3.05) is 40.9 Å². The first-order valence-electron chi connectivity index (χ1n) is 10.6. The molecule has 2 atom stereocenters. The third kappa shape index (κ3) is 6.29. The van der Waals surface area contributed by atoms with Crippen LogP contribution in [0.5, 0.6) is 5.75 Å². The van der Waals surface area contributed by atoms with Gasteiger partial charge in [0.25, 0.3) is 5.91 Å². The van der Waals surface area contributed by atoms with E-state index in [0.29, 0.717) is 18.7 Å². The maximum atomic E-state index is 12.6. The Hall–Kier alpha value is -2.46. The minimum atomic E-state index is -3.65. The number of nitrogens with one attached hydrogen (secondary N) is 2. The second kappa shape index (κ2) is 10.9. The van der Waals surface area contributed by atoms with E-state index in [1.165, 1.54) is 24.3 Å². The number of hydrogen-bond acceptors (Lipinski definition) is 6. The number of rotatable bonds is 10. The summed E-state index contributed by atoms with van der Waals surface area (Å²) in [7, 11) is 1.87. The molecule has 32 heavy (non-hydrogen) atoms. The minimum absolute atomic E-state index is 0.0217. The molecule has 0 unspecified atom stereocenters. The van der Waals surface area contributed by atoms with Gasteiger partial charge < -0.3 is 19.7 Å². The molecular formula is C23H31N3O5S. The number of amides is 1. The maximum absolute atomic E-state index is 12.6. The van der Waals surface area contributed by atoms with Gasteiger partial charge in [0.1, 0.15) is 5.75 Å². The van der Waals surface area contributed by atoms with E-state index in [4.69, 9.17) is 9.47 Å². The zero-order valence-corrected chi connectivity index (χ0v) is 19.5. The Morgan fingerprint density at radius 3 is 2.41 bits per heavy atom. The van der Waals surface area contributed by atoms with Crippen LogP contribution in [0.4, 0.5) is 0 Å². The highest BCUT2D eigenvalue weighted by Gasteiger charge is 2.21. The van der Waals surface area contributed by atoms with Crippen LogP contribution in [-0.4, -0.2) is 66.2 Å². The summed E-state index contributed by atoms with van der Waals surface area (Å²) in [6.45, 7) is 1.33. The van der Waals surface area contributed by atoms with Crippen LogP contribution >= 0.6 is 0 Å². The molecule has 0 aliphatic carbocycles. The van der Waals surface area contributed by atoms with Crippen molar-refractivity contribution in [2.24, 2.45) is 0 Å². The lowest BCUT2D eigenvalue weighted by Gasteiger charge is -2.25. The Labute approximate surface area is 190 Å². The molecule has 0 bridgehead atoms. The topological polar surface area (TPSA) is 97.0 Å². The summed E-state index contributed by atoms with van der Waals surface area (Å²) in [6, 6.07) is 13.6. The zero-order chi connectivity index (χ0) is 23.1. The van der Waals surface area contributed by atoms with Gasteiger partial charge in [0, 0.05) is 25.3 Å². The predicted molar refractivity (Wildman–Crippen MR) is 122 cm³/mol. The minimum Gasteiger partial charge on any atom is -0.497 e. The van der Waals surface area contributed by atoms with Gasteiger partial charge in [-0.2, -0.15) is 0 Å². The predicted octanol–water partition coefficient (Wildman–Crippen LogP) is 2.19. The van der Waals surface area contributed by atoms with E-state index in [-0.39, 0.29) is 29.5 Å². The highest BCUT2D eigenvalue weighted by atomic mass is 32.2. The van der Waals surface area contributed by atoms with Crippen molar-refractivity contribution in [1.29, 1.82) is 0 Å². The summed E-state index contributed by atoms with van der Waals surface area (Å²) < 4.78 is 38.2. The Bertz CT molecular complexity index is 985. The van der Waals surface area contributed by atoms with Crippen molar-refractivity contribution in [2.45, 2.75) is 29.9 Å². The maximum Gasteiger partial charge on any atom is 0.251 e. The Balaban J connectivity index is 1.59. The van der Waals surface area contributed by atoms with E-state index >= 15 is 0 Å². The van der Waals surface area contributed by atoms with E-state index in [0.717, 1.165) is 24.2 Å². The molecule has 2 aromatic carbocycles. The lowest BCUT2D eigenvalue weighted by molar-refractivity contribution is 0.0941. The van der Waals surface area contributed by atoms with Crippen LogP contribution in [0.2, 0.25) is 0 Å². The van der Waals surface area contributed by atoms with E-state index in [1.807, 2.05) is 43.3 Å². The standard InChI is InChI=1S/C23H31N3O5S/c1-26(2)22(17-6-10-19(30-3)11-7-17)16-24-23(27)18-8-12-21(13-9-18)32(28,29)25-15-20-5-4-14-31-20/h6-13,20,22,25H,4-5,14-16H2,1-3H3,(H,24,27)/t20-,22-/m0/s1. The number of sulfonamides is 1. The quantitative estimate of drug-likeness (QED) is 0.563. The van der Waals surface area contributed by atoms with Crippen LogP contribution in [0, 0.1) is 0 Å². The number of carbonyl (C=O) groups excluding carboxylic acids is 1. The van der Waals surface area contributed by atoms with Gasteiger partial charge in [0.15, 0.2) is 0 Å². The number of carbonyl (C=O) groups is 1. The molecule has 1 aliphatic heterocycles. The molecule has 0 spiro atoms. The molecule has 1 amide bonds. The summed E-state index contributed by atoms with van der Waals surface area (Å²) in [5.74, 6) is 0.511. The molecular weight excluding hydrogens is 430 g/mol. The molecule has 8 nitrogen and oxygen atoms in total. The fraction of sp³-hybridized carbons (Fsp3) is 0.435. The van der Waals surface area contributed by atoms with Crippen LogP contribution in [0.3, 0.4) is 0 Å². The van der Waals surface area contributed by atoms with Crippen molar-refractivity contribution in [3.8, 4) is 5.75 Å². The second-order valence-corrected chi connectivity index (χ2v) is 9.74. The van der Waals surface area contributed by atoms with Gasteiger partial charge in [-0.25, -0.2) is 13.1 Å². The summed E-state index contributed by atoms with van der Waals surface area (Å²) in [5, 5.41) is 2.93. The molecule has 1 heterocycles. The average molecular weight is 462 g/mol. The molecule has 0 saturated carbocycles. The fourth-order valence-corrected chi connectivity index (χ4v) is 4.66. The number of nitrogens with zero attached hydrogens (tertiary/aromatic N) is 1. The largest absolute Gasteiger partial charge is 0.497 e. The highest BCUT2D eigenvalue weighted by molar-refractivity contribution is 7.89. The lowest BCUT2D eigenvalue weighted by atomic mass is 10.1. The third-order valence-electron chi connectivity index (χ3n) is 5.53. The molecule has 1 fully saturated rings.